The van der Waals surface area contributed by atoms with E-state index in [1.54, 1.807) is 6.92 Å². The number of aliphatic hydroxyl groups excluding tert-OH is 1. The predicted octanol–water partition coefficient (Wildman–Crippen LogP) is 4.29. The number of hydrogen-bond donors (Lipinski definition) is 1. The Labute approximate surface area is 130 Å². The predicted molar refractivity (Wildman–Crippen MR) is 87.5 cm³/mol. The highest BCUT2D eigenvalue weighted by molar-refractivity contribution is 5.82. The van der Waals surface area contributed by atoms with Crippen LogP contribution in [0.4, 0.5) is 0 Å². The molecule has 0 radical (unpaired) electrons. The first-order valence-corrected chi connectivity index (χ1v) is 7.39. The fourth-order valence-corrected chi connectivity index (χ4v) is 2.16. The molecule has 0 saturated carbocycles. The number of benzene rings is 2. The van der Waals surface area contributed by atoms with Gasteiger partial charge >= 0.3 is 5.97 Å². The second kappa shape index (κ2) is 8.03. The first kappa shape index (κ1) is 15.8. The van der Waals surface area contributed by atoms with Crippen molar-refractivity contribution in [1.82, 2.24) is 0 Å². The fraction of sp³-hybridized carbons (Fsp3) is 0.211. The van der Waals surface area contributed by atoms with Crippen LogP contribution < -0.4 is 0 Å². The van der Waals surface area contributed by atoms with E-state index in [-0.39, 0.29) is 5.76 Å². The van der Waals surface area contributed by atoms with E-state index in [4.69, 9.17) is 4.74 Å². The molecule has 0 atom stereocenters. The number of ether oxygens (including phenoxy) is 1. The van der Waals surface area contributed by atoms with Crippen molar-refractivity contribution in [2.24, 2.45) is 0 Å². The highest BCUT2D eigenvalue weighted by Crippen LogP contribution is 2.20. The number of esters is 1. The molecule has 2 aromatic carbocycles. The van der Waals surface area contributed by atoms with Gasteiger partial charge in [0.25, 0.3) is 0 Å². The van der Waals surface area contributed by atoms with Gasteiger partial charge in [0.2, 0.25) is 0 Å². The maximum Gasteiger partial charge on any atom is 0.334 e. The Kier molecular flexibility index (Phi) is 5.78. The molecule has 0 spiro atoms. The van der Waals surface area contributed by atoms with Crippen molar-refractivity contribution >= 4 is 5.97 Å². The summed E-state index contributed by atoms with van der Waals surface area (Å²) in [6.45, 7) is 2.04. The molecule has 2 rings (SSSR count). The first-order valence-electron chi connectivity index (χ1n) is 7.39. The molecule has 3 nitrogen and oxygen atoms in total. The Morgan fingerprint density at radius 3 is 2.32 bits per heavy atom. The minimum atomic E-state index is -0.501. The fourth-order valence-electron chi connectivity index (χ4n) is 2.16. The quantitative estimate of drug-likeness (QED) is 0.491. The Bertz CT molecular complexity index is 627. The Hall–Kier alpha value is -2.55. The third kappa shape index (κ3) is 4.77. The molecule has 0 unspecified atom stereocenters. The first-order chi connectivity index (χ1) is 10.7. The minimum Gasteiger partial charge on any atom is -0.512 e. The van der Waals surface area contributed by atoms with Gasteiger partial charge in [0.15, 0.2) is 0 Å². The lowest BCUT2D eigenvalue weighted by Gasteiger charge is -2.05. The van der Waals surface area contributed by atoms with E-state index in [1.165, 1.54) is 5.56 Å². The molecular weight excluding hydrogens is 276 g/mol. The van der Waals surface area contributed by atoms with Crippen molar-refractivity contribution in [3.63, 3.8) is 0 Å². The van der Waals surface area contributed by atoms with Crippen LogP contribution in [0.3, 0.4) is 0 Å². The van der Waals surface area contributed by atoms with Crippen LogP contribution in [-0.2, 0) is 16.0 Å². The molecule has 2 aromatic rings. The summed E-state index contributed by atoms with van der Waals surface area (Å²) >= 11 is 0. The van der Waals surface area contributed by atoms with Crippen LogP contribution in [0, 0.1) is 0 Å². The smallest absolute Gasteiger partial charge is 0.334 e. The van der Waals surface area contributed by atoms with Crippen LogP contribution in [0.2, 0.25) is 0 Å². The second-order valence-electron chi connectivity index (χ2n) is 4.95. The van der Waals surface area contributed by atoms with E-state index in [0.29, 0.717) is 19.4 Å². The molecule has 0 saturated heterocycles. The summed E-state index contributed by atoms with van der Waals surface area (Å²) in [7, 11) is 0. The zero-order valence-electron chi connectivity index (χ0n) is 12.7. The SMILES string of the molecule is CCOC(=O)/C=C(\O)CCc1ccc(-c2ccccc2)cc1. The number of aryl methyl sites for hydroxylation is 1. The zero-order chi connectivity index (χ0) is 15.8. The van der Waals surface area contributed by atoms with Crippen molar-refractivity contribution in [3.8, 4) is 11.1 Å². The summed E-state index contributed by atoms with van der Waals surface area (Å²) in [5.74, 6) is -0.454. The van der Waals surface area contributed by atoms with Gasteiger partial charge in [-0.1, -0.05) is 54.6 Å². The van der Waals surface area contributed by atoms with E-state index < -0.39 is 5.97 Å². The molecule has 0 aliphatic carbocycles. The highest BCUT2D eigenvalue weighted by Gasteiger charge is 2.02. The molecule has 0 aromatic heterocycles. The van der Waals surface area contributed by atoms with Crippen molar-refractivity contribution in [2.75, 3.05) is 6.61 Å². The van der Waals surface area contributed by atoms with Gasteiger partial charge in [-0.3, -0.25) is 0 Å². The van der Waals surface area contributed by atoms with Crippen molar-refractivity contribution in [1.29, 1.82) is 0 Å². The second-order valence-corrected chi connectivity index (χ2v) is 4.95. The number of aliphatic hydroxyl groups is 1. The summed E-state index contributed by atoms with van der Waals surface area (Å²) in [6, 6.07) is 18.4. The molecule has 0 aliphatic rings. The third-order valence-corrected chi connectivity index (χ3v) is 3.30. The maximum atomic E-state index is 11.2. The molecule has 3 heteroatoms. The normalized spacial score (nSPS) is 11.2. The molecule has 114 valence electrons. The molecule has 1 N–H and O–H groups in total. The molecule has 0 heterocycles. The molecule has 0 aliphatic heterocycles. The van der Waals surface area contributed by atoms with Gasteiger partial charge in [0, 0.05) is 6.42 Å². The largest absolute Gasteiger partial charge is 0.512 e. The van der Waals surface area contributed by atoms with Crippen LogP contribution in [-0.4, -0.2) is 17.7 Å². The van der Waals surface area contributed by atoms with E-state index >= 15 is 0 Å². The summed E-state index contributed by atoms with van der Waals surface area (Å²) in [4.78, 5) is 11.2. The molecule has 0 bridgehead atoms. The van der Waals surface area contributed by atoms with Crippen molar-refractivity contribution in [2.45, 2.75) is 19.8 Å². The zero-order valence-corrected chi connectivity index (χ0v) is 12.7. The highest BCUT2D eigenvalue weighted by atomic mass is 16.5. The van der Waals surface area contributed by atoms with Gasteiger partial charge in [-0.2, -0.15) is 0 Å². The number of carbonyl (C=O) groups is 1. The summed E-state index contributed by atoms with van der Waals surface area (Å²) in [5, 5.41) is 9.70. The lowest BCUT2D eigenvalue weighted by molar-refractivity contribution is -0.137. The maximum absolute atomic E-state index is 11.2. The van der Waals surface area contributed by atoms with Gasteiger partial charge in [0.1, 0.15) is 0 Å². The van der Waals surface area contributed by atoms with Crippen LogP contribution in [0.15, 0.2) is 66.4 Å². The lowest BCUT2D eigenvalue weighted by atomic mass is 10.0. The molecule has 0 amide bonds. The topological polar surface area (TPSA) is 46.5 Å². The van der Waals surface area contributed by atoms with Crippen LogP contribution in [0.5, 0.6) is 0 Å². The average molecular weight is 296 g/mol. The van der Waals surface area contributed by atoms with Crippen molar-refractivity contribution in [3.05, 3.63) is 72.0 Å². The third-order valence-electron chi connectivity index (χ3n) is 3.30. The number of allylic oxidation sites excluding steroid dienone is 1. The monoisotopic (exact) mass is 296 g/mol. The summed E-state index contributed by atoms with van der Waals surface area (Å²) < 4.78 is 4.75. The van der Waals surface area contributed by atoms with Crippen LogP contribution in [0.1, 0.15) is 18.9 Å². The average Bonchev–Trinajstić information content (AvgIpc) is 2.54. The Morgan fingerprint density at radius 2 is 1.68 bits per heavy atom. The van der Waals surface area contributed by atoms with Gasteiger partial charge in [-0.15, -0.1) is 0 Å². The van der Waals surface area contributed by atoms with Gasteiger partial charge in [-0.25, -0.2) is 4.79 Å². The molecule has 0 fully saturated rings. The number of carbonyl (C=O) groups excluding carboxylic acids is 1. The van der Waals surface area contributed by atoms with E-state index in [0.717, 1.165) is 17.2 Å². The van der Waals surface area contributed by atoms with Crippen LogP contribution >= 0.6 is 0 Å². The van der Waals surface area contributed by atoms with Gasteiger partial charge in [0.05, 0.1) is 18.4 Å². The Balaban J connectivity index is 1.93. The minimum absolute atomic E-state index is 0.0468. The standard InChI is InChI=1S/C19H20O3/c1-2-22-19(21)14-18(20)13-10-15-8-11-17(12-9-15)16-6-4-3-5-7-16/h3-9,11-12,14,20H,2,10,13H2,1H3/b18-14-. The van der Waals surface area contributed by atoms with E-state index in [1.807, 2.05) is 30.3 Å². The molecular formula is C19H20O3. The summed E-state index contributed by atoms with van der Waals surface area (Å²) in [5.41, 5.74) is 3.46. The lowest BCUT2D eigenvalue weighted by Crippen LogP contribution is -2.01. The van der Waals surface area contributed by atoms with Crippen molar-refractivity contribution < 1.29 is 14.6 Å². The molecule has 22 heavy (non-hydrogen) atoms. The van der Waals surface area contributed by atoms with E-state index in [9.17, 15) is 9.90 Å². The summed E-state index contributed by atoms with van der Waals surface area (Å²) in [6.07, 6.45) is 2.24. The van der Waals surface area contributed by atoms with Gasteiger partial charge in [-0.05, 0) is 30.0 Å². The van der Waals surface area contributed by atoms with E-state index in [2.05, 4.69) is 24.3 Å². The van der Waals surface area contributed by atoms with Crippen LogP contribution in [0.25, 0.3) is 11.1 Å². The Morgan fingerprint density at radius 1 is 1.05 bits per heavy atom. The van der Waals surface area contributed by atoms with Gasteiger partial charge < -0.3 is 9.84 Å². The number of hydrogen-bond acceptors (Lipinski definition) is 3. The number of rotatable bonds is 6.